The fourth-order valence-electron chi connectivity index (χ4n) is 2.34. The van der Waals surface area contributed by atoms with Gasteiger partial charge in [0.25, 0.3) is 5.91 Å². The van der Waals surface area contributed by atoms with Crippen molar-refractivity contribution in [3.05, 3.63) is 59.0 Å². The first kappa shape index (κ1) is 19.5. The van der Waals surface area contributed by atoms with E-state index < -0.39 is 12.6 Å². The summed E-state index contributed by atoms with van der Waals surface area (Å²) in [5, 5.41) is 11.9. The molecular weight excluding hydrogens is 380 g/mol. The first-order valence-electron chi connectivity index (χ1n) is 8.50. The highest BCUT2D eigenvalue weighted by molar-refractivity contribution is 8.18. The van der Waals surface area contributed by atoms with Gasteiger partial charge in [-0.1, -0.05) is 12.1 Å². The number of carboxylic acids is 1. The van der Waals surface area contributed by atoms with E-state index in [1.807, 2.05) is 31.2 Å². The zero-order chi connectivity index (χ0) is 19.9. The minimum atomic E-state index is -1.04. The average molecular weight is 398 g/mol. The maximum atomic E-state index is 12.2. The van der Waals surface area contributed by atoms with Crippen molar-refractivity contribution < 1.29 is 24.2 Å². The van der Waals surface area contributed by atoms with E-state index in [1.165, 1.54) is 11.8 Å². The Morgan fingerprint density at radius 2 is 1.75 bits per heavy atom. The predicted molar refractivity (Wildman–Crippen MR) is 108 cm³/mol. The molecule has 0 spiro atoms. The lowest BCUT2D eigenvalue weighted by atomic mass is 10.2. The molecule has 0 unspecified atom stereocenters. The maximum Gasteiger partial charge on any atom is 0.341 e. The number of carbonyl (C=O) groups excluding carboxylic acids is 1. The van der Waals surface area contributed by atoms with Crippen LogP contribution >= 0.6 is 11.8 Å². The highest BCUT2D eigenvalue weighted by atomic mass is 32.2. The van der Waals surface area contributed by atoms with Crippen LogP contribution in [0.4, 0.5) is 5.69 Å². The van der Waals surface area contributed by atoms with Crippen LogP contribution in [-0.4, -0.2) is 35.4 Å². The van der Waals surface area contributed by atoms with Gasteiger partial charge in [-0.25, -0.2) is 9.79 Å². The Hall–Kier alpha value is -3.26. The summed E-state index contributed by atoms with van der Waals surface area (Å²) in [5.74, 6) is -0.0396. The molecule has 7 nitrogen and oxygen atoms in total. The highest BCUT2D eigenvalue weighted by Crippen LogP contribution is 2.29. The van der Waals surface area contributed by atoms with Crippen LogP contribution in [0.25, 0.3) is 6.08 Å². The van der Waals surface area contributed by atoms with Crippen LogP contribution in [0.15, 0.2) is 58.4 Å². The summed E-state index contributed by atoms with van der Waals surface area (Å²) in [6.45, 7) is 2.12. The number of amidine groups is 1. The second-order valence-corrected chi connectivity index (χ2v) is 6.69. The maximum absolute atomic E-state index is 12.2. The number of aliphatic imine (C=N–C) groups is 1. The van der Waals surface area contributed by atoms with Crippen LogP contribution in [0.5, 0.6) is 11.5 Å². The van der Waals surface area contributed by atoms with Gasteiger partial charge in [0.2, 0.25) is 0 Å². The van der Waals surface area contributed by atoms with E-state index in [-0.39, 0.29) is 5.91 Å². The van der Waals surface area contributed by atoms with Crippen LogP contribution in [0.1, 0.15) is 12.5 Å². The molecule has 0 radical (unpaired) electrons. The molecular formula is C20H18N2O5S. The van der Waals surface area contributed by atoms with Crippen LogP contribution in [0.2, 0.25) is 0 Å². The zero-order valence-corrected chi connectivity index (χ0v) is 15.9. The van der Waals surface area contributed by atoms with Gasteiger partial charge in [-0.05, 0) is 66.7 Å². The van der Waals surface area contributed by atoms with Crippen molar-refractivity contribution in [3.8, 4) is 11.5 Å². The fraction of sp³-hybridized carbons (Fsp3) is 0.150. The molecule has 1 aliphatic heterocycles. The van der Waals surface area contributed by atoms with Gasteiger partial charge in [-0.15, -0.1) is 0 Å². The summed E-state index contributed by atoms with van der Waals surface area (Å²) in [4.78, 5) is 27.6. The van der Waals surface area contributed by atoms with Crippen LogP contribution in [-0.2, 0) is 9.59 Å². The van der Waals surface area contributed by atoms with E-state index in [0.29, 0.717) is 28.1 Å². The predicted octanol–water partition coefficient (Wildman–Crippen LogP) is 3.44. The standard InChI is InChI=1S/C20H18N2O5S/c1-2-26-15-9-5-14(6-10-15)21-20-22-19(25)17(28-20)11-13-3-7-16(8-4-13)27-12-18(23)24/h3-11H,2,12H2,1H3,(H,23,24)(H,21,22,25)/b17-11+. The fourth-order valence-corrected chi connectivity index (χ4v) is 3.18. The Morgan fingerprint density at radius 3 is 2.39 bits per heavy atom. The Bertz CT molecular complexity index is 921. The Kier molecular flexibility index (Phi) is 6.33. The van der Waals surface area contributed by atoms with Gasteiger partial charge in [0, 0.05) is 0 Å². The number of amides is 1. The Morgan fingerprint density at radius 1 is 1.11 bits per heavy atom. The van der Waals surface area contributed by atoms with Crippen molar-refractivity contribution in [2.45, 2.75) is 6.92 Å². The van der Waals surface area contributed by atoms with Gasteiger partial charge in [-0.3, -0.25) is 4.79 Å². The second-order valence-electron chi connectivity index (χ2n) is 5.66. The number of rotatable bonds is 7. The average Bonchev–Trinajstić information content (AvgIpc) is 3.02. The van der Waals surface area contributed by atoms with Crippen molar-refractivity contribution >= 4 is 40.6 Å². The molecule has 0 bridgehead atoms. The molecule has 1 aliphatic rings. The molecule has 3 rings (SSSR count). The first-order valence-corrected chi connectivity index (χ1v) is 9.32. The van der Waals surface area contributed by atoms with Gasteiger partial charge in [0.05, 0.1) is 17.2 Å². The number of nitrogens with one attached hydrogen (secondary N) is 1. The van der Waals surface area contributed by atoms with Gasteiger partial charge in [-0.2, -0.15) is 0 Å². The highest BCUT2D eigenvalue weighted by Gasteiger charge is 2.23. The number of ether oxygens (including phenoxy) is 2. The van der Waals surface area contributed by atoms with E-state index in [0.717, 1.165) is 11.3 Å². The normalized spacial score (nSPS) is 16.2. The van der Waals surface area contributed by atoms with Crippen molar-refractivity contribution in [2.24, 2.45) is 4.99 Å². The Labute approximate surface area is 166 Å². The topological polar surface area (TPSA) is 97.2 Å². The molecule has 28 heavy (non-hydrogen) atoms. The smallest absolute Gasteiger partial charge is 0.341 e. The van der Waals surface area contributed by atoms with Crippen molar-refractivity contribution in [3.63, 3.8) is 0 Å². The number of aliphatic carboxylic acids is 1. The molecule has 0 aliphatic carbocycles. The van der Waals surface area contributed by atoms with E-state index in [9.17, 15) is 9.59 Å². The number of thioether (sulfide) groups is 1. The van der Waals surface area contributed by atoms with Crippen molar-refractivity contribution in [1.82, 2.24) is 5.32 Å². The van der Waals surface area contributed by atoms with E-state index >= 15 is 0 Å². The molecule has 1 amide bonds. The summed E-state index contributed by atoms with van der Waals surface area (Å²) in [6, 6.07) is 14.1. The molecule has 0 saturated carbocycles. The molecule has 1 fully saturated rings. The lowest BCUT2D eigenvalue weighted by molar-refractivity contribution is -0.139. The number of carboxylic acid groups (broad SMARTS) is 1. The third kappa shape index (κ3) is 5.37. The summed E-state index contributed by atoms with van der Waals surface area (Å²) < 4.78 is 10.5. The molecule has 2 aromatic carbocycles. The number of carbonyl (C=O) groups is 2. The number of hydrogen-bond donors (Lipinski definition) is 2. The summed E-state index contributed by atoms with van der Waals surface area (Å²) in [5.41, 5.74) is 1.51. The van der Waals surface area contributed by atoms with Crippen LogP contribution in [0.3, 0.4) is 0 Å². The quantitative estimate of drug-likeness (QED) is 0.694. The molecule has 2 aromatic rings. The monoisotopic (exact) mass is 398 g/mol. The zero-order valence-electron chi connectivity index (χ0n) is 15.0. The number of hydrogen-bond acceptors (Lipinski definition) is 6. The number of benzene rings is 2. The largest absolute Gasteiger partial charge is 0.494 e. The summed E-state index contributed by atoms with van der Waals surface area (Å²) in [7, 11) is 0. The summed E-state index contributed by atoms with van der Waals surface area (Å²) >= 11 is 1.25. The van der Waals surface area contributed by atoms with E-state index in [1.54, 1.807) is 30.3 Å². The first-order chi connectivity index (χ1) is 13.5. The summed E-state index contributed by atoms with van der Waals surface area (Å²) in [6.07, 6.45) is 1.74. The van der Waals surface area contributed by atoms with Crippen molar-refractivity contribution in [2.75, 3.05) is 13.2 Å². The van der Waals surface area contributed by atoms with Crippen LogP contribution < -0.4 is 14.8 Å². The molecule has 8 heteroatoms. The molecule has 0 aromatic heterocycles. The molecule has 0 atom stereocenters. The van der Waals surface area contributed by atoms with Crippen molar-refractivity contribution in [1.29, 1.82) is 0 Å². The minimum Gasteiger partial charge on any atom is -0.494 e. The Balaban J connectivity index is 1.67. The SMILES string of the molecule is CCOc1ccc(N=C2NC(=O)/C(=C\c3ccc(OCC(=O)O)cc3)S2)cc1. The van der Waals surface area contributed by atoms with Crippen LogP contribution in [0, 0.1) is 0 Å². The van der Waals surface area contributed by atoms with Gasteiger partial charge >= 0.3 is 5.97 Å². The number of nitrogens with zero attached hydrogens (tertiary/aromatic N) is 1. The third-order valence-electron chi connectivity index (χ3n) is 3.57. The van der Waals surface area contributed by atoms with Gasteiger partial charge < -0.3 is 19.9 Å². The van der Waals surface area contributed by atoms with Gasteiger partial charge in [0.1, 0.15) is 11.5 Å². The minimum absolute atomic E-state index is 0.221. The molecule has 1 saturated heterocycles. The lowest BCUT2D eigenvalue weighted by Gasteiger charge is -2.03. The lowest BCUT2D eigenvalue weighted by Crippen LogP contribution is -2.19. The molecule has 2 N–H and O–H groups in total. The third-order valence-corrected chi connectivity index (χ3v) is 4.48. The van der Waals surface area contributed by atoms with E-state index in [4.69, 9.17) is 14.6 Å². The molecule has 1 heterocycles. The van der Waals surface area contributed by atoms with E-state index in [2.05, 4.69) is 10.3 Å². The molecule has 144 valence electrons. The van der Waals surface area contributed by atoms with Gasteiger partial charge in [0.15, 0.2) is 11.8 Å². The second kappa shape index (κ2) is 9.09.